The summed E-state index contributed by atoms with van der Waals surface area (Å²) in [4.78, 5) is 35.4. The first-order chi connectivity index (χ1) is 15.1. The van der Waals surface area contributed by atoms with Crippen LogP contribution >= 0.6 is 7.37 Å². The largest absolute Gasteiger partial charge is 0.391 e. The highest BCUT2D eigenvalue weighted by molar-refractivity contribution is 7.91. The molecule has 1 fully saturated rings. The molecular formula is C21H42N3O7PS. The molecule has 0 bridgehead atoms. The number of nitrogens with one attached hydrogen (secondary N) is 2. The summed E-state index contributed by atoms with van der Waals surface area (Å²) < 4.78 is 35.9. The average molecular weight is 512 g/mol. The molecule has 0 spiro atoms. The van der Waals surface area contributed by atoms with Gasteiger partial charge in [0.1, 0.15) is 12.1 Å². The summed E-state index contributed by atoms with van der Waals surface area (Å²) in [5.41, 5.74) is 5.77. The normalized spacial score (nSPS) is 21.0. The first-order valence-electron chi connectivity index (χ1n) is 11.6. The Balaban J connectivity index is 2.65. The minimum atomic E-state index is -3.55. The molecule has 194 valence electrons. The van der Waals surface area contributed by atoms with E-state index < -0.39 is 52.5 Å². The third-order valence-electron chi connectivity index (χ3n) is 6.10. The smallest absolute Gasteiger partial charge is 0.242 e. The fraction of sp³-hybridized carbons (Fsp3) is 0.905. The van der Waals surface area contributed by atoms with E-state index in [-0.39, 0.29) is 37.1 Å². The molecule has 0 aliphatic heterocycles. The van der Waals surface area contributed by atoms with Gasteiger partial charge in [-0.1, -0.05) is 33.1 Å². The van der Waals surface area contributed by atoms with Gasteiger partial charge in [0.15, 0.2) is 9.84 Å². The number of aliphatic hydroxyl groups excluding tert-OH is 1. The van der Waals surface area contributed by atoms with Gasteiger partial charge in [-0.15, -0.1) is 0 Å². The van der Waals surface area contributed by atoms with Crippen molar-refractivity contribution in [2.45, 2.75) is 82.7 Å². The fourth-order valence-corrected chi connectivity index (χ4v) is 6.80. The molecule has 1 aliphatic rings. The monoisotopic (exact) mass is 511 g/mol. The summed E-state index contributed by atoms with van der Waals surface area (Å²) in [6, 6.07) is -2.32. The van der Waals surface area contributed by atoms with Crippen molar-refractivity contribution in [2.75, 3.05) is 25.1 Å². The minimum Gasteiger partial charge on any atom is -0.391 e. The maximum atomic E-state index is 12.7. The zero-order valence-electron chi connectivity index (χ0n) is 20.2. The second kappa shape index (κ2) is 13.2. The van der Waals surface area contributed by atoms with Crippen molar-refractivity contribution in [3.8, 4) is 0 Å². The van der Waals surface area contributed by atoms with Gasteiger partial charge in [0.05, 0.1) is 17.5 Å². The van der Waals surface area contributed by atoms with Crippen LogP contribution in [0.4, 0.5) is 0 Å². The standard InChI is InChI=1S/C21H42N3O7PS/c1-14(2)10-18(24-21(27)19(22)15(3)33(4,30)31)20(26)23-11-17(25)13-32(28,29)12-16-8-6-5-7-9-16/h14-19,25H,5-13,22H2,1-4H3,(H,23,26)(H,24,27)(H,28,29)/t15-,17+,18-,19?/m0/s1. The molecule has 1 rings (SSSR count). The molecule has 12 heteroatoms. The van der Waals surface area contributed by atoms with Crippen LogP contribution in [0.3, 0.4) is 0 Å². The molecule has 2 unspecified atom stereocenters. The first kappa shape index (κ1) is 30.0. The number of nitrogens with two attached hydrogens (primary N) is 1. The van der Waals surface area contributed by atoms with Gasteiger partial charge in [-0.05, 0) is 38.0 Å². The highest BCUT2D eigenvalue weighted by atomic mass is 32.2. The number of sulfone groups is 1. The van der Waals surface area contributed by atoms with E-state index in [0.29, 0.717) is 0 Å². The van der Waals surface area contributed by atoms with Gasteiger partial charge in [-0.3, -0.25) is 14.2 Å². The van der Waals surface area contributed by atoms with E-state index in [1.807, 2.05) is 13.8 Å². The Hall–Kier alpha value is -1.00. The van der Waals surface area contributed by atoms with E-state index in [1.54, 1.807) is 0 Å². The van der Waals surface area contributed by atoms with Gasteiger partial charge < -0.3 is 26.4 Å². The van der Waals surface area contributed by atoms with E-state index in [2.05, 4.69) is 10.6 Å². The Bertz CT molecular complexity index is 800. The summed E-state index contributed by atoms with van der Waals surface area (Å²) in [5, 5.41) is 14.1. The summed E-state index contributed by atoms with van der Waals surface area (Å²) in [6.07, 6.45) is 5.04. The summed E-state index contributed by atoms with van der Waals surface area (Å²) in [6.45, 7) is 4.81. The predicted molar refractivity (Wildman–Crippen MR) is 129 cm³/mol. The van der Waals surface area contributed by atoms with Crippen LogP contribution in [0.25, 0.3) is 0 Å². The Morgan fingerprint density at radius 1 is 1.12 bits per heavy atom. The van der Waals surface area contributed by atoms with E-state index in [9.17, 15) is 32.6 Å². The maximum Gasteiger partial charge on any atom is 0.242 e. The lowest BCUT2D eigenvalue weighted by Gasteiger charge is -2.26. The number of hydrogen-bond donors (Lipinski definition) is 5. The molecule has 0 saturated heterocycles. The molecule has 0 radical (unpaired) electrons. The van der Waals surface area contributed by atoms with Crippen LogP contribution in [-0.2, 0) is 24.0 Å². The Morgan fingerprint density at radius 3 is 2.21 bits per heavy atom. The van der Waals surface area contributed by atoms with Crippen LogP contribution in [-0.4, -0.2) is 78.8 Å². The predicted octanol–water partition coefficient (Wildman–Crippen LogP) is 0.606. The fourth-order valence-electron chi connectivity index (χ4n) is 4.03. The van der Waals surface area contributed by atoms with Gasteiger partial charge in [0, 0.05) is 19.0 Å². The lowest BCUT2D eigenvalue weighted by molar-refractivity contribution is -0.130. The van der Waals surface area contributed by atoms with Crippen LogP contribution in [0.1, 0.15) is 59.3 Å². The SMILES string of the molecule is CC(C)C[C@H](NC(=O)C(N)[C@H](C)S(C)(=O)=O)C(=O)NC[C@@H](O)CP(=O)(O)CC1CCCCC1. The number of carbonyl (C=O) groups excluding carboxylic acids is 2. The minimum absolute atomic E-state index is 0.0303. The first-order valence-corrected chi connectivity index (χ1v) is 15.6. The van der Waals surface area contributed by atoms with E-state index in [4.69, 9.17) is 5.73 Å². The molecule has 10 nitrogen and oxygen atoms in total. The Kier molecular flexibility index (Phi) is 12.0. The quantitative estimate of drug-likeness (QED) is 0.223. The van der Waals surface area contributed by atoms with Gasteiger partial charge in [-0.25, -0.2) is 8.42 Å². The summed E-state index contributed by atoms with van der Waals surface area (Å²) >= 11 is 0. The number of carbonyl (C=O) groups is 2. The van der Waals surface area contributed by atoms with Crippen molar-refractivity contribution >= 4 is 29.0 Å². The molecule has 33 heavy (non-hydrogen) atoms. The van der Waals surface area contributed by atoms with E-state index in [1.165, 1.54) is 6.92 Å². The van der Waals surface area contributed by atoms with Crippen LogP contribution < -0.4 is 16.4 Å². The highest BCUT2D eigenvalue weighted by Crippen LogP contribution is 2.45. The van der Waals surface area contributed by atoms with Crippen LogP contribution in [0.2, 0.25) is 0 Å². The molecule has 1 aliphatic carbocycles. The van der Waals surface area contributed by atoms with E-state index in [0.717, 1.165) is 38.4 Å². The van der Waals surface area contributed by atoms with Gasteiger partial charge in [0.2, 0.25) is 19.2 Å². The van der Waals surface area contributed by atoms with Crippen molar-refractivity contribution in [3.05, 3.63) is 0 Å². The number of aliphatic hydroxyl groups is 1. The molecule has 0 aromatic carbocycles. The molecule has 2 amide bonds. The van der Waals surface area contributed by atoms with Crippen molar-refractivity contribution in [1.29, 1.82) is 0 Å². The molecule has 5 atom stereocenters. The average Bonchev–Trinajstić information content (AvgIpc) is 2.69. The van der Waals surface area contributed by atoms with Crippen molar-refractivity contribution in [3.63, 3.8) is 0 Å². The second-order valence-corrected chi connectivity index (χ2v) is 14.7. The third kappa shape index (κ3) is 11.3. The zero-order valence-corrected chi connectivity index (χ0v) is 21.9. The van der Waals surface area contributed by atoms with Gasteiger partial charge >= 0.3 is 0 Å². The van der Waals surface area contributed by atoms with Crippen LogP contribution in [0, 0.1) is 11.8 Å². The summed E-state index contributed by atoms with van der Waals surface area (Å²) in [7, 11) is -7.08. The van der Waals surface area contributed by atoms with Crippen molar-refractivity contribution in [1.82, 2.24) is 10.6 Å². The third-order valence-corrected chi connectivity index (χ3v) is 9.82. The lowest BCUT2D eigenvalue weighted by Crippen LogP contribution is -2.56. The summed E-state index contributed by atoms with van der Waals surface area (Å²) in [5.74, 6) is -1.11. The topological polar surface area (TPSA) is 176 Å². The number of rotatable bonds is 13. The molecule has 0 aromatic heterocycles. The molecule has 0 heterocycles. The number of amides is 2. The number of hydrogen-bond acceptors (Lipinski definition) is 7. The molecule has 1 saturated carbocycles. The van der Waals surface area contributed by atoms with Crippen LogP contribution in [0.5, 0.6) is 0 Å². The van der Waals surface area contributed by atoms with Gasteiger partial charge in [0.25, 0.3) is 0 Å². The van der Waals surface area contributed by atoms with Crippen molar-refractivity contribution in [2.24, 2.45) is 17.6 Å². The zero-order chi connectivity index (χ0) is 25.4. The van der Waals surface area contributed by atoms with Crippen LogP contribution in [0.15, 0.2) is 0 Å². The van der Waals surface area contributed by atoms with E-state index >= 15 is 0 Å². The maximum absolute atomic E-state index is 12.7. The second-order valence-electron chi connectivity index (χ2n) is 9.87. The lowest BCUT2D eigenvalue weighted by atomic mass is 9.91. The Morgan fingerprint density at radius 2 is 1.70 bits per heavy atom. The van der Waals surface area contributed by atoms with Crippen molar-refractivity contribution < 1.29 is 32.6 Å². The highest BCUT2D eigenvalue weighted by Gasteiger charge is 2.32. The molecular weight excluding hydrogens is 469 g/mol. The Labute approximate surface area is 197 Å². The molecule has 6 N–H and O–H groups in total. The molecule has 0 aromatic rings. The van der Waals surface area contributed by atoms with Gasteiger partial charge in [-0.2, -0.15) is 0 Å².